The zero-order valence-corrected chi connectivity index (χ0v) is 11.9. The standard InChI is InChI=1S/C13H22N4S/c1-2-12-15-13(18-16-12)17-7-3-4-10(9-17)8-14-11-5-6-11/h10-11,14H,2-9H2,1H3. The van der Waals surface area contributed by atoms with Crippen LogP contribution in [0.15, 0.2) is 0 Å². The molecule has 0 bridgehead atoms. The van der Waals surface area contributed by atoms with Gasteiger partial charge in [-0.05, 0) is 38.1 Å². The molecule has 1 aromatic rings. The molecule has 2 aliphatic rings. The number of aryl methyl sites for hydroxylation is 1. The van der Waals surface area contributed by atoms with Crippen LogP contribution >= 0.6 is 11.5 Å². The molecule has 4 nitrogen and oxygen atoms in total. The first-order valence-electron chi connectivity index (χ1n) is 7.16. The molecule has 2 heterocycles. The van der Waals surface area contributed by atoms with Crippen LogP contribution < -0.4 is 10.2 Å². The van der Waals surface area contributed by atoms with Gasteiger partial charge in [-0.15, -0.1) is 0 Å². The van der Waals surface area contributed by atoms with Crippen molar-refractivity contribution in [1.29, 1.82) is 0 Å². The van der Waals surface area contributed by atoms with Gasteiger partial charge < -0.3 is 10.2 Å². The largest absolute Gasteiger partial charge is 0.347 e. The van der Waals surface area contributed by atoms with Gasteiger partial charge in [-0.3, -0.25) is 0 Å². The lowest BCUT2D eigenvalue weighted by Crippen LogP contribution is -2.40. The van der Waals surface area contributed by atoms with Gasteiger partial charge in [0.15, 0.2) is 0 Å². The molecule has 0 amide bonds. The van der Waals surface area contributed by atoms with Gasteiger partial charge in [0.25, 0.3) is 0 Å². The van der Waals surface area contributed by atoms with Crippen molar-refractivity contribution < 1.29 is 0 Å². The van der Waals surface area contributed by atoms with Crippen LogP contribution in [0.25, 0.3) is 0 Å². The Morgan fingerprint density at radius 3 is 3.00 bits per heavy atom. The third-order valence-electron chi connectivity index (χ3n) is 3.84. The monoisotopic (exact) mass is 266 g/mol. The van der Waals surface area contributed by atoms with Crippen molar-refractivity contribution in [1.82, 2.24) is 14.7 Å². The highest BCUT2D eigenvalue weighted by Crippen LogP contribution is 2.25. The summed E-state index contributed by atoms with van der Waals surface area (Å²) < 4.78 is 4.39. The molecule has 1 saturated heterocycles. The molecule has 2 fully saturated rings. The Bertz CT molecular complexity index is 388. The molecular weight excluding hydrogens is 244 g/mol. The quantitative estimate of drug-likeness (QED) is 0.886. The number of piperidine rings is 1. The maximum Gasteiger partial charge on any atom is 0.205 e. The van der Waals surface area contributed by atoms with Crippen LogP contribution in [-0.2, 0) is 6.42 Å². The summed E-state index contributed by atoms with van der Waals surface area (Å²) >= 11 is 1.56. The summed E-state index contributed by atoms with van der Waals surface area (Å²) in [5, 5.41) is 4.78. The second-order valence-corrected chi connectivity index (χ2v) is 6.21. The number of nitrogens with one attached hydrogen (secondary N) is 1. The summed E-state index contributed by atoms with van der Waals surface area (Å²) in [5.41, 5.74) is 0. The first kappa shape index (κ1) is 12.4. The summed E-state index contributed by atoms with van der Waals surface area (Å²) in [6.45, 7) is 5.60. The molecular formula is C13H22N4S. The number of hydrogen-bond acceptors (Lipinski definition) is 5. The highest BCUT2D eigenvalue weighted by molar-refractivity contribution is 7.09. The number of nitrogens with zero attached hydrogens (tertiary/aromatic N) is 3. The predicted molar refractivity (Wildman–Crippen MR) is 75.2 cm³/mol. The van der Waals surface area contributed by atoms with Crippen LogP contribution in [0.1, 0.15) is 38.4 Å². The SMILES string of the molecule is CCc1nsc(N2CCCC(CNC3CC3)C2)n1. The van der Waals surface area contributed by atoms with Crippen LogP contribution in [0, 0.1) is 5.92 Å². The van der Waals surface area contributed by atoms with E-state index in [0.717, 1.165) is 42.4 Å². The van der Waals surface area contributed by atoms with Gasteiger partial charge in [0, 0.05) is 37.1 Å². The molecule has 100 valence electrons. The zero-order chi connectivity index (χ0) is 12.4. The van der Waals surface area contributed by atoms with Crippen molar-refractivity contribution in [3.8, 4) is 0 Å². The zero-order valence-electron chi connectivity index (χ0n) is 11.1. The Labute approximate surface area is 113 Å². The minimum absolute atomic E-state index is 0.785. The minimum atomic E-state index is 0.785. The second kappa shape index (κ2) is 5.53. The highest BCUT2D eigenvalue weighted by atomic mass is 32.1. The van der Waals surface area contributed by atoms with Crippen LogP contribution in [0.4, 0.5) is 5.13 Å². The number of anilines is 1. The lowest BCUT2D eigenvalue weighted by Gasteiger charge is -2.32. The fraction of sp³-hybridized carbons (Fsp3) is 0.846. The highest BCUT2D eigenvalue weighted by Gasteiger charge is 2.25. The third kappa shape index (κ3) is 3.01. The molecule has 0 spiro atoms. The third-order valence-corrected chi connectivity index (χ3v) is 4.65. The maximum absolute atomic E-state index is 4.61. The molecule has 1 N–H and O–H groups in total. The van der Waals surface area contributed by atoms with Crippen LogP contribution in [0.5, 0.6) is 0 Å². The molecule has 1 unspecified atom stereocenters. The van der Waals surface area contributed by atoms with E-state index in [0.29, 0.717) is 0 Å². The van der Waals surface area contributed by atoms with E-state index < -0.39 is 0 Å². The van der Waals surface area contributed by atoms with E-state index in [1.54, 1.807) is 11.5 Å². The fourth-order valence-electron chi connectivity index (χ4n) is 2.54. The molecule has 1 aromatic heterocycles. The average Bonchev–Trinajstić information content (AvgIpc) is 3.12. The number of rotatable bonds is 5. The van der Waals surface area contributed by atoms with Gasteiger partial charge in [-0.1, -0.05) is 6.92 Å². The Balaban J connectivity index is 1.55. The van der Waals surface area contributed by atoms with E-state index in [-0.39, 0.29) is 0 Å². The lowest BCUT2D eigenvalue weighted by molar-refractivity contribution is 0.391. The molecule has 5 heteroatoms. The molecule has 18 heavy (non-hydrogen) atoms. The molecule has 1 aliphatic carbocycles. The average molecular weight is 266 g/mol. The smallest absolute Gasteiger partial charge is 0.205 e. The topological polar surface area (TPSA) is 41.1 Å². The fourth-order valence-corrected chi connectivity index (χ4v) is 3.33. The van der Waals surface area contributed by atoms with Gasteiger partial charge in [-0.2, -0.15) is 4.37 Å². The van der Waals surface area contributed by atoms with Crippen molar-refractivity contribution in [3.63, 3.8) is 0 Å². The molecule has 1 aliphatic heterocycles. The van der Waals surface area contributed by atoms with Crippen molar-refractivity contribution in [2.75, 3.05) is 24.5 Å². The molecule has 3 rings (SSSR count). The number of hydrogen-bond donors (Lipinski definition) is 1. The van der Waals surface area contributed by atoms with E-state index in [1.165, 1.54) is 32.2 Å². The van der Waals surface area contributed by atoms with Crippen molar-refractivity contribution in [2.45, 2.75) is 45.1 Å². The van der Waals surface area contributed by atoms with Crippen molar-refractivity contribution >= 4 is 16.7 Å². The van der Waals surface area contributed by atoms with Gasteiger partial charge in [0.1, 0.15) is 5.82 Å². The molecule has 1 saturated carbocycles. The van der Waals surface area contributed by atoms with Crippen LogP contribution in [0.2, 0.25) is 0 Å². The molecule has 0 aromatic carbocycles. The normalized spacial score (nSPS) is 24.5. The van der Waals surface area contributed by atoms with Gasteiger partial charge in [0.2, 0.25) is 5.13 Å². The Morgan fingerprint density at radius 2 is 2.28 bits per heavy atom. The van der Waals surface area contributed by atoms with E-state index >= 15 is 0 Å². The summed E-state index contributed by atoms with van der Waals surface area (Å²) in [6.07, 6.45) is 6.35. The van der Waals surface area contributed by atoms with Gasteiger partial charge >= 0.3 is 0 Å². The summed E-state index contributed by atoms with van der Waals surface area (Å²) in [5.74, 6) is 1.78. The lowest BCUT2D eigenvalue weighted by atomic mass is 9.98. The first-order chi connectivity index (χ1) is 8.85. The number of aromatic nitrogens is 2. The summed E-state index contributed by atoms with van der Waals surface area (Å²) in [4.78, 5) is 7.04. The second-order valence-electron chi connectivity index (χ2n) is 5.48. The van der Waals surface area contributed by atoms with Gasteiger partial charge in [-0.25, -0.2) is 4.98 Å². The summed E-state index contributed by atoms with van der Waals surface area (Å²) in [7, 11) is 0. The van der Waals surface area contributed by atoms with Crippen LogP contribution in [-0.4, -0.2) is 35.0 Å². The summed E-state index contributed by atoms with van der Waals surface area (Å²) in [6, 6.07) is 0.827. The van der Waals surface area contributed by atoms with Crippen LogP contribution in [0.3, 0.4) is 0 Å². The Kier molecular flexibility index (Phi) is 3.80. The van der Waals surface area contributed by atoms with E-state index in [9.17, 15) is 0 Å². The van der Waals surface area contributed by atoms with E-state index in [1.807, 2.05) is 0 Å². The Hall–Kier alpha value is -0.680. The molecule has 1 atom stereocenters. The maximum atomic E-state index is 4.61. The van der Waals surface area contributed by atoms with Crippen molar-refractivity contribution in [2.24, 2.45) is 5.92 Å². The van der Waals surface area contributed by atoms with Gasteiger partial charge in [0.05, 0.1) is 0 Å². The van der Waals surface area contributed by atoms with E-state index in [2.05, 4.69) is 26.5 Å². The first-order valence-corrected chi connectivity index (χ1v) is 7.93. The predicted octanol–water partition coefficient (Wildman–Crippen LogP) is 2.07. The van der Waals surface area contributed by atoms with Crippen molar-refractivity contribution in [3.05, 3.63) is 5.82 Å². The minimum Gasteiger partial charge on any atom is -0.347 e. The molecule has 0 radical (unpaired) electrons. The Morgan fingerprint density at radius 1 is 1.39 bits per heavy atom. The van der Waals surface area contributed by atoms with E-state index in [4.69, 9.17) is 0 Å².